The molecule has 0 bridgehead atoms. The summed E-state index contributed by atoms with van der Waals surface area (Å²) in [5.74, 6) is 2.53. The maximum absolute atomic E-state index is 12.8. The Labute approximate surface area is 222 Å². The molecule has 0 saturated carbocycles. The fraction of sp³-hybridized carbons (Fsp3) is 0.267. The van der Waals surface area contributed by atoms with Crippen LogP contribution in [0.25, 0.3) is 0 Å². The number of rotatable bonds is 11. The van der Waals surface area contributed by atoms with Gasteiger partial charge in [0.1, 0.15) is 12.0 Å². The molecule has 0 aliphatic carbocycles. The molecular formula is C30H31N3O5. The highest BCUT2D eigenvalue weighted by Gasteiger charge is 2.19. The highest BCUT2D eigenvalue weighted by Crippen LogP contribution is 2.33. The molecule has 38 heavy (non-hydrogen) atoms. The minimum atomic E-state index is -0.273. The number of nitrogens with one attached hydrogen (secondary N) is 1. The Hall–Kier alpha value is -4.30. The third kappa shape index (κ3) is 6.33. The van der Waals surface area contributed by atoms with Crippen LogP contribution in [0, 0.1) is 0 Å². The lowest BCUT2D eigenvalue weighted by atomic mass is 10.1. The molecule has 1 amide bonds. The van der Waals surface area contributed by atoms with E-state index in [0.717, 1.165) is 33.9 Å². The van der Waals surface area contributed by atoms with Crippen LogP contribution in [0.1, 0.15) is 53.0 Å². The summed E-state index contributed by atoms with van der Waals surface area (Å²) in [7, 11) is 0. The Morgan fingerprint density at radius 3 is 2.50 bits per heavy atom. The van der Waals surface area contributed by atoms with Crippen LogP contribution in [0.2, 0.25) is 0 Å². The smallest absolute Gasteiger partial charge is 0.273 e. The summed E-state index contributed by atoms with van der Waals surface area (Å²) >= 11 is 0. The van der Waals surface area contributed by atoms with Crippen molar-refractivity contribution < 1.29 is 23.4 Å². The Bertz CT molecular complexity index is 1350. The molecule has 5 rings (SSSR count). The summed E-state index contributed by atoms with van der Waals surface area (Å²) in [6.45, 7) is 6.46. The lowest BCUT2D eigenvalue weighted by molar-refractivity contribution is 0.0934. The first-order chi connectivity index (χ1) is 18.6. The van der Waals surface area contributed by atoms with E-state index in [4.69, 9.17) is 18.6 Å². The van der Waals surface area contributed by atoms with E-state index in [9.17, 15) is 4.79 Å². The second kappa shape index (κ2) is 11.8. The van der Waals surface area contributed by atoms with Crippen molar-refractivity contribution in [3.63, 3.8) is 0 Å². The highest BCUT2D eigenvalue weighted by molar-refractivity contribution is 5.92. The topological polar surface area (TPSA) is 86.1 Å². The van der Waals surface area contributed by atoms with Gasteiger partial charge in [-0.3, -0.25) is 9.69 Å². The Balaban J connectivity index is 1.29. The summed E-state index contributed by atoms with van der Waals surface area (Å²) < 4.78 is 22.3. The lowest BCUT2D eigenvalue weighted by Gasteiger charge is -2.21. The molecule has 1 aliphatic rings. The zero-order valence-electron chi connectivity index (χ0n) is 21.6. The van der Waals surface area contributed by atoms with Gasteiger partial charge < -0.3 is 23.9 Å². The molecule has 0 radical (unpaired) electrons. The van der Waals surface area contributed by atoms with Gasteiger partial charge in [-0.1, -0.05) is 48.5 Å². The molecule has 4 aromatic rings. The van der Waals surface area contributed by atoms with Crippen molar-refractivity contribution >= 4 is 5.91 Å². The number of carbonyl (C=O) groups excluding carboxylic acids is 1. The molecule has 8 nitrogen and oxygen atoms in total. The predicted molar refractivity (Wildman–Crippen MR) is 142 cm³/mol. The van der Waals surface area contributed by atoms with Crippen molar-refractivity contribution in [2.75, 3.05) is 13.4 Å². The van der Waals surface area contributed by atoms with Crippen LogP contribution in [-0.2, 0) is 19.6 Å². The first-order valence-corrected chi connectivity index (χ1v) is 12.7. The summed E-state index contributed by atoms with van der Waals surface area (Å²) in [4.78, 5) is 19.5. The van der Waals surface area contributed by atoms with Gasteiger partial charge in [-0.2, -0.15) is 0 Å². The predicted octanol–water partition coefficient (Wildman–Crippen LogP) is 5.50. The van der Waals surface area contributed by atoms with Gasteiger partial charge in [-0.25, -0.2) is 4.98 Å². The van der Waals surface area contributed by atoms with E-state index < -0.39 is 0 Å². The van der Waals surface area contributed by atoms with Gasteiger partial charge >= 0.3 is 0 Å². The number of fused-ring (bicyclic) bond motifs is 1. The number of aromatic nitrogens is 1. The molecule has 196 valence electrons. The van der Waals surface area contributed by atoms with Gasteiger partial charge in [-0.15, -0.1) is 0 Å². The van der Waals surface area contributed by atoms with Crippen LogP contribution in [0.15, 0.2) is 83.5 Å². The first-order valence-electron chi connectivity index (χ1n) is 12.7. The van der Waals surface area contributed by atoms with Crippen LogP contribution in [0.4, 0.5) is 0 Å². The van der Waals surface area contributed by atoms with E-state index in [2.05, 4.69) is 27.3 Å². The van der Waals surface area contributed by atoms with Crippen molar-refractivity contribution in [2.45, 2.75) is 39.5 Å². The Morgan fingerprint density at radius 2 is 1.71 bits per heavy atom. The van der Waals surface area contributed by atoms with Crippen molar-refractivity contribution in [3.8, 4) is 17.2 Å². The Kier molecular flexibility index (Phi) is 7.89. The van der Waals surface area contributed by atoms with Gasteiger partial charge in [0.25, 0.3) is 5.91 Å². The van der Waals surface area contributed by atoms with Crippen molar-refractivity contribution in [3.05, 3.63) is 107 Å². The molecular weight excluding hydrogens is 482 g/mol. The maximum Gasteiger partial charge on any atom is 0.273 e. The van der Waals surface area contributed by atoms with E-state index >= 15 is 0 Å². The third-order valence-corrected chi connectivity index (χ3v) is 6.27. The average molecular weight is 514 g/mol. The highest BCUT2D eigenvalue weighted by atomic mass is 16.7. The van der Waals surface area contributed by atoms with E-state index in [-0.39, 0.29) is 24.4 Å². The largest absolute Gasteiger partial charge is 0.494 e. The first kappa shape index (κ1) is 25.4. The quantitative estimate of drug-likeness (QED) is 0.284. The summed E-state index contributed by atoms with van der Waals surface area (Å²) in [5, 5.41) is 2.99. The fourth-order valence-electron chi connectivity index (χ4n) is 4.36. The number of nitrogens with zero attached hydrogens (tertiary/aromatic N) is 2. The summed E-state index contributed by atoms with van der Waals surface area (Å²) in [6, 6.07) is 23.7. The molecule has 1 aliphatic heterocycles. The van der Waals surface area contributed by atoms with Crippen LogP contribution in [0.5, 0.6) is 17.2 Å². The molecule has 3 aromatic carbocycles. The van der Waals surface area contributed by atoms with Gasteiger partial charge in [0.2, 0.25) is 12.7 Å². The normalized spacial score (nSPS) is 12.9. The van der Waals surface area contributed by atoms with Crippen LogP contribution < -0.4 is 19.5 Å². The van der Waals surface area contributed by atoms with Crippen LogP contribution in [0.3, 0.4) is 0 Å². The standard InChI is InChI=1S/C30H31N3O5/c1-3-35-25-12-9-22(10-13-25)16-33(17-23-11-14-27-28(15-23)38-20-37-27)18-29-32-26(19-36-29)30(34)31-21(2)24-7-5-4-6-8-24/h4-15,19,21H,3,16-18,20H2,1-2H3,(H,31,34). The number of carbonyl (C=O) groups is 1. The number of oxazole rings is 1. The molecule has 1 N–H and O–H groups in total. The zero-order valence-corrected chi connectivity index (χ0v) is 21.6. The maximum atomic E-state index is 12.8. The van der Waals surface area contributed by atoms with Crippen LogP contribution in [-0.4, -0.2) is 29.2 Å². The second-order valence-electron chi connectivity index (χ2n) is 9.14. The summed E-state index contributed by atoms with van der Waals surface area (Å²) in [5.41, 5.74) is 3.47. The van der Waals surface area contributed by atoms with E-state index in [1.165, 1.54) is 6.26 Å². The van der Waals surface area contributed by atoms with E-state index in [1.54, 1.807) is 0 Å². The minimum absolute atomic E-state index is 0.147. The second-order valence-corrected chi connectivity index (χ2v) is 9.14. The molecule has 1 atom stereocenters. The van der Waals surface area contributed by atoms with E-state index in [0.29, 0.717) is 32.1 Å². The number of hydrogen-bond acceptors (Lipinski definition) is 7. The van der Waals surface area contributed by atoms with Crippen molar-refractivity contribution in [1.29, 1.82) is 0 Å². The SMILES string of the molecule is CCOc1ccc(CN(Cc2ccc3c(c2)OCO3)Cc2nc(C(=O)NC(C)c3ccccc3)co2)cc1. The van der Waals surface area contributed by atoms with Gasteiger partial charge in [-0.05, 0) is 54.8 Å². The minimum Gasteiger partial charge on any atom is -0.494 e. The number of ether oxygens (including phenoxy) is 3. The molecule has 1 unspecified atom stereocenters. The lowest BCUT2D eigenvalue weighted by Crippen LogP contribution is -2.27. The molecule has 2 heterocycles. The van der Waals surface area contributed by atoms with Gasteiger partial charge in [0.05, 0.1) is 19.2 Å². The van der Waals surface area contributed by atoms with Crippen molar-refractivity contribution in [1.82, 2.24) is 15.2 Å². The number of amides is 1. The summed E-state index contributed by atoms with van der Waals surface area (Å²) in [6.07, 6.45) is 1.41. The molecule has 0 spiro atoms. The zero-order chi connectivity index (χ0) is 26.3. The monoisotopic (exact) mass is 513 g/mol. The average Bonchev–Trinajstić information content (AvgIpc) is 3.60. The molecule has 0 fully saturated rings. The van der Waals surface area contributed by atoms with E-state index in [1.807, 2.05) is 74.5 Å². The molecule has 8 heteroatoms. The van der Waals surface area contributed by atoms with Gasteiger partial charge in [0, 0.05) is 13.1 Å². The fourth-order valence-corrected chi connectivity index (χ4v) is 4.36. The van der Waals surface area contributed by atoms with Gasteiger partial charge in [0.15, 0.2) is 17.2 Å². The molecule has 1 aromatic heterocycles. The number of hydrogen-bond donors (Lipinski definition) is 1. The molecule has 0 saturated heterocycles. The van der Waals surface area contributed by atoms with Crippen LogP contribution >= 0.6 is 0 Å². The third-order valence-electron chi connectivity index (χ3n) is 6.27. The number of benzene rings is 3. The van der Waals surface area contributed by atoms with Crippen molar-refractivity contribution in [2.24, 2.45) is 0 Å². The Morgan fingerprint density at radius 1 is 0.974 bits per heavy atom.